The first-order valence-corrected chi connectivity index (χ1v) is 7.39. The number of rotatable bonds is 1. The molecule has 0 spiro atoms. The Kier molecular flexibility index (Phi) is 2.50. The first kappa shape index (κ1) is 11.8. The lowest BCUT2D eigenvalue weighted by Gasteiger charge is -2.19. The Hall–Kier alpha value is -0.960. The normalized spacial score (nSPS) is 28.6. The fourth-order valence-corrected chi connectivity index (χ4v) is 3.97. The Morgan fingerprint density at radius 1 is 1.05 bits per heavy atom. The second kappa shape index (κ2) is 4.02. The van der Waals surface area contributed by atoms with E-state index in [0.29, 0.717) is 0 Å². The Balaban J connectivity index is 1.83. The van der Waals surface area contributed by atoms with Gasteiger partial charge >= 0.3 is 0 Å². The van der Waals surface area contributed by atoms with Gasteiger partial charge in [0.25, 0.3) is 5.92 Å². The molecule has 1 aromatic rings. The Morgan fingerprint density at radius 2 is 1.84 bits per heavy atom. The van der Waals surface area contributed by atoms with Crippen molar-refractivity contribution in [2.45, 2.75) is 43.9 Å². The van der Waals surface area contributed by atoms with E-state index in [-0.39, 0.29) is 12.3 Å². The predicted molar refractivity (Wildman–Crippen MR) is 70.8 cm³/mol. The van der Waals surface area contributed by atoms with Crippen LogP contribution >= 0.6 is 0 Å². The van der Waals surface area contributed by atoms with E-state index in [1.54, 1.807) is 0 Å². The number of benzene rings is 1. The minimum absolute atomic E-state index is 0.0212. The summed E-state index contributed by atoms with van der Waals surface area (Å²) < 4.78 is 28.7. The Labute approximate surface area is 112 Å². The number of nitrogens with one attached hydrogen (secondary N) is 1. The number of alkyl halides is 2. The van der Waals surface area contributed by atoms with Crippen molar-refractivity contribution in [2.75, 3.05) is 13.1 Å². The Morgan fingerprint density at radius 3 is 2.63 bits per heavy atom. The molecule has 3 aliphatic rings. The fraction of sp³-hybridized carbons (Fsp3) is 0.625. The molecule has 0 amide bonds. The van der Waals surface area contributed by atoms with Gasteiger partial charge in [0, 0.05) is 6.42 Å². The van der Waals surface area contributed by atoms with Crippen LogP contribution in [0, 0.1) is 5.92 Å². The highest BCUT2D eigenvalue weighted by molar-refractivity contribution is 5.49. The van der Waals surface area contributed by atoms with Crippen LogP contribution in [0.25, 0.3) is 0 Å². The van der Waals surface area contributed by atoms with Crippen LogP contribution < -0.4 is 5.32 Å². The minimum atomic E-state index is -2.52. The van der Waals surface area contributed by atoms with E-state index in [9.17, 15) is 8.78 Å². The summed E-state index contributed by atoms with van der Waals surface area (Å²) >= 11 is 0. The average Bonchev–Trinajstić information content (AvgIpc) is 3.15. The molecule has 3 heteroatoms. The molecule has 19 heavy (non-hydrogen) atoms. The number of hydrogen-bond donors (Lipinski definition) is 1. The lowest BCUT2D eigenvalue weighted by Crippen LogP contribution is -2.23. The van der Waals surface area contributed by atoms with Crippen molar-refractivity contribution in [3.63, 3.8) is 0 Å². The molecule has 0 radical (unpaired) electrons. The van der Waals surface area contributed by atoms with E-state index < -0.39 is 11.8 Å². The van der Waals surface area contributed by atoms with Gasteiger partial charge < -0.3 is 5.32 Å². The molecule has 1 atom stereocenters. The molecule has 2 aliphatic carbocycles. The molecular formula is C16H19F2N. The van der Waals surface area contributed by atoms with Crippen molar-refractivity contribution in [2.24, 2.45) is 5.92 Å². The van der Waals surface area contributed by atoms with Gasteiger partial charge in [-0.1, -0.05) is 12.1 Å². The van der Waals surface area contributed by atoms with Crippen LogP contribution in [0.15, 0.2) is 12.1 Å². The van der Waals surface area contributed by atoms with Gasteiger partial charge in [-0.3, -0.25) is 0 Å². The monoisotopic (exact) mass is 263 g/mol. The van der Waals surface area contributed by atoms with Gasteiger partial charge in [-0.15, -0.1) is 0 Å². The van der Waals surface area contributed by atoms with E-state index in [2.05, 4.69) is 11.4 Å². The molecule has 102 valence electrons. The zero-order valence-electron chi connectivity index (χ0n) is 11.0. The Bertz CT molecular complexity index is 520. The molecule has 1 N–H and O–H groups in total. The van der Waals surface area contributed by atoms with Crippen LogP contribution in [0.2, 0.25) is 0 Å². The number of hydrogen-bond acceptors (Lipinski definition) is 1. The summed E-state index contributed by atoms with van der Waals surface area (Å²) in [6, 6.07) is 4.11. The number of halogens is 2. The maximum Gasteiger partial charge on any atom is 0.259 e. The van der Waals surface area contributed by atoms with Crippen molar-refractivity contribution in [3.8, 4) is 0 Å². The van der Waals surface area contributed by atoms with E-state index in [4.69, 9.17) is 0 Å². The van der Waals surface area contributed by atoms with Gasteiger partial charge in [-0.2, -0.15) is 0 Å². The molecule has 0 aromatic heterocycles. The molecular weight excluding hydrogens is 244 g/mol. The van der Waals surface area contributed by atoms with Crippen LogP contribution in [0.1, 0.15) is 41.0 Å². The van der Waals surface area contributed by atoms with E-state index in [1.165, 1.54) is 11.1 Å². The van der Waals surface area contributed by atoms with Gasteiger partial charge in [-0.05, 0) is 66.9 Å². The second-order valence-electron chi connectivity index (χ2n) is 6.27. The van der Waals surface area contributed by atoms with Gasteiger partial charge in [-0.25, -0.2) is 8.78 Å². The molecule has 1 heterocycles. The summed E-state index contributed by atoms with van der Waals surface area (Å²) in [4.78, 5) is 0. The lowest BCUT2D eigenvalue weighted by atomic mass is 9.90. The van der Waals surface area contributed by atoms with E-state index >= 15 is 0 Å². The van der Waals surface area contributed by atoms with Crippen molar-refractivity contribution in [3.05, 3.63) is 34.4 Å². The topological polar surface area (TPSA) is 12.0 Å². The third kappa shape index (κ3) is 1.82. The first-order chi connectivity index (χ1) is 9.17. The summed E-state index contributed by atoms with van der Waals surface area (Å²) in [5.74, 6) is -2.78. The van der Waals surface area contributed by atoms with Crippen LogP contribution in [0.3, 0.4) is 0 Å². The molecule has 1 unspecified atom stereocenters. The molecule has 1 nitrogen and oxygen atoms in total. The summed E-state index contributed by atoms with van der Waals surface area (Å²) in [7, 11) is 0. The molecule has 0 saturated heterocycles. The molecule has 1 aliphatic heterocycles. The standard InChI is InChI=1S/C16H19F2N/c17-16(18)9-14-12-6-8-19-7-5-10(12)3-4-13(14)15(16)11-1-2-11/h3-4,11,15,19H,1-2,5-9H2. The third-order valence-electron chi connectivity index (χ3n) is 4.98. The van der Waals surface area contributed by atoms with Crippen LogP contribution in [0.5, 0.6) is 0 Å². The molecule has 0 bridgehead atoms. The molecule has 1 saturated carbocycles. The van der Waals surface area contributed by atoms with Crippen LogP contribution in [0.4, 0.5) is 8.78 Å². The highest BCUT2D eigenvalue weighted by Gasteiger charge is 2.54. The lowest BCUT2D eigenvalue weighted by molar-refractivity contribution is -0.0219. The highest BCUT2D eigenvalue weighted by Crippen LogP contribution is 2.56. The maximum absolute atomic E-state index is 14.3. The maximum atomic E-state index is 14.3. The third-order valence-corrected chi connectivity index (χ3v) is 4.98. The smallest absolute Gasteiger partial charge is 0.259 e. The SMILES string of the molecule is FC1(F)Cc2c(ccc3c2CCNCC3)C1C1CC1. The highest BCUT2D eigenvalue weighted by atomic mass is 19.3. The zero-order chi connectivity index (χ0) is 13.0. The van der Waals surface area contributed by atoms with Gasteiger partial charge in [0.15, 0.2) is 0 Å². The van der Waals surface area contributed by atoms with Crippen molar-refractivity contribution in [1.82, 2.24) is 5.32 Å². The van der Waals surface area contributed by atoms with E-state index in [0.717, 1.165) is 49.9 Å². The van der Waals surface area contributed by atoms with Crippen molar-refractivity contribution < 1.29 is 8.78 Å². The van der Waals surface area contributed by atoms with Crippen molar-refractivity contribution >= 4 is 0 Å². The number of fused-ring (bicyclic) bond motifs is 3. The summed E-state index contributed by atoms with van der Waals surface area (Å²) in [6.45, 7) is 1.89. The van der Waals surface area contributed by atoms with Gasteiger partial charge in [0.05, 0.1) is 5.92 Å². The van der Waals surface area contributed by atoms with E-state index in [1.807, 2.05) is 6.07 Å². The van der Waals surface area contributed by atoms with Crippen molar-refractivity contribution in [1.29, 1.82) is 0 Å². The van der Waals surface area contributed by atoms with Gasteiger partial charge in [0.2, 0.25) is 0 Å². The largest absolute Gasteiger partial charge is 0.316 e. The van der Waals surface area contributed by atoms with Crippen LogP contribution in [-0.2, 0) is 19.3 Å². The fourth-order valence-electron chi connectivity index (χ4n) is 3.97. The van der Waals surface area contributed by atoms with Crippen LogP contribution in [-0.4, -0.2) is 19.0 Å². The predicted octanol–water partition coefficient (Wildman–Crippen LogP) is 3.06. The average molecular weight is 263 g/mol. The second-order valence-corrected chi connectivity index (χ2v) is 6.27. The van der Waals surface area contributed by atoms with Gasteiger partial charge in [0.1, 0.15) is 0 Å². The summed E-state index contributed by atoms with van der Waals surface area (Å²) in [5.41, 5.74) is 4.47. The molecule has 4 rings (SSSR count). The summed E-state index contributed by atoms with van der Waals surface area (Å²) in [6.07, 6.45) is 3.83. The minimum Gasteiger partial charge on any atom is -0.316 e. The first-order valence-electron chi connectivity index (χ1n) is 7.39. The summed E-state index contributed by atoms with van der Waals surface area (Å²) in [5, 5.41) is 3.36. The molecule has 1 fully saturated rings. The zero-order valence-corrected chi connectivity index (χ0v) is 11.0. The quantitative estimate of drug-likeness (QED) is 0.821. The molecule has 1 aromatic carbocycles.